The summed E-state index contributed by atoms with van der Waals surface area (Å²) in [4.78, 5) is 39.5. The Morgan fingerprint density at radius 1 is 1.16 bits per heavy atom. The van der Waals surface area contributed by atoms with Crippen LogP contribution in [0.25, 0.3) is 5.69 Å². The molecule has 0 radical (unpaired) electrons. The van der Waals surface area contributed by atoms with Crippen LogP contribution in [0.2, 0.25) is 0 Å². The van der Waals surface area contributed by atoms with Crippen molar-refractivity contribution in [3.63, 3.8) is 0 Å². The van der Waals surface area contributed by atoms with Crippen LogP contribution >= 0.6 is 0 Å². The Morgan fingerprint density at radius 2 is 1.87 bits per heavy atom. The molecule has 1 saturated heterocycles. The van der Waals surface area contributed by atoms with Gasteiger partial charge in [-0.3, -0.25) is 14.5 Å². The molecule has 0 spiro atoms. The van der Waals surface area contributed by atoms with E-state index in [1.807, 2.05) is 50.5 Å². The summed E-state index contributed by atoms with van der Waals surface area (Å²) in [7, 11) is 0. The van der Waals surface area contributed by atoms with Crippen molar-refractivity contribution in [1.82, 2.24) is 14.8 Å². The number of fused-ring (bicyclic) bond motifs is 1. The zero-order valence-corrected chi connectivity index (χ0v) is 18.4. The number of Topliss-reactive ketones (excluding diaryl/α,β-unsaturated/α-hetero) is 1. The molecule has 8 heteroatoms. The van der Waals surface area contributed by atoms with Gasteiger partial charge in [0.25, 0.3) is 5.91 Å². The molecular weight excluding hydrogens is 398 g/mol. The third kappa shape index (κ3) is 3.56. The van der Waals surface area contributed by atoms with Crippen molar-refractivity contribution in [2.75, 3.05) is 13.3 Å². The molecule has 8 nitrogen and oxygen atoms in total. The fourth-order valence-corrected chi connectivity index (χ4v) is 4.54. The monoisotopic (exact) mass is 425 g/mol. The first kappa shape index (κ1) is 21.0. The van der Waals surface area contributed by atoms with E-state index in [9.17, 15) is 14.4 Å². The Bertz CT molecular complexity index is 1090. The number of ether oxygens (including phenoxy) is 2. The molecule has 1 atom stereocenters. The molecule has 0 bridgehead atoms. The van der Waals surface area contributed by atoms with Gasteiger partial charge in [0, 0.05) is 28.7 Å². The summed E-state index contributed by atoms with van der Waals surface area (Å²) in [5.41, 5.74) is 1.94. The molecule has 2 aliphatic heterocycles. The highest BCUT2D eigenvalue weighted by molar-refractivity contribution is 6.11. The lowest BCUT2D eigenvalue weighted by atomic mass is 9.91. The molecule has 0 unspecified atom stereocenters. The molecule has 1 fully saturated rings. The number of hydrogen-bond donors (Lipinski definition) is 1. The third-order valence-electron chi connectivity index (χ3n) is 5.81. The molecule has 2 aliphatic rings. The van der Waals surface area contributed by atoms with E-state index in [1.165, 1.54) is 0 Å². The number of aryl methyl sites for hydroxylation is 1. The topological polar surface area (TPSA) is 89.9 Å². The molecular formula is C23H27N3O5. The smallest absolute Gasteiger partial charge is 0.325 e. The second-order valence-electron chi connectivity index (χ2n) is 8.83. The summed E-state index contributed by atoms with van der Waals surface area (Å²) in [5, 5.41) is 2.75. The van der Waals surface area contributed by atoms with E-state index in [0.717, 1.165) is 22.0 Å². The van der Waals surface area contributed by atoms with Gasteiger partial charge in [-0.25, -0.2) is 4.79 Å². The maximum atomic E-state index is 13.1. The normalized spacial score (nSPS) is 20.0. The van der Waals surface area contributed by atoms with Crippen LogP contribution in [0, 0.1) is 19.8 Å². The van der Waals surface area contributed by atoms with E-state index in [0.29, 0.717) is 23.5 Å². The first-order valence-electron chi connectivity index (χ1n) is 10.4. The minimum absolute atomic E-state index is 0.188. The lowest BCUT2D eigenvalue weighted by Gasteiger charge is -2.23. The zero-order chi connectivity index (χ0) is 22.5. The Balaban J connectivity index is 1.58. The quantitative estimate of drug-likeness (QED) is 0.566. The van der Waals surface area contributed by atoms with E-state index in [1.54, 1.807) is 13.0 Å². The summed E-state index contributed by atoms with van der Waals surface area (Å²) < 4.78 is 12.8. The number of ketones is 1. The Morgan fingerprint density at radius 3 is 2.58 bits per heavy atom. The fraction of sp³-hybridized carbons (Fsp3) is 0.435. The minimum Gasteiger partial charge on any atom is -0.454 e. The highest BCUT2D eigenvalue weighted by Crippen LogP contribution is 2.35. The number of aromatic nitrogens is 1. The summed E-state index contributed by atoms with van der Waals surface area (Å²) in [6.07, 6.45) is 0.515. The van der Waals surface area contributed by atoms with Crippen LogP contribution in [0.4, 0.5) is 4.79 Å². The van der Waals surface area contributed by atoms with E-state index >= 15 is 0 Å². The van der Waals surface area contributed by atoms with Gasteiger partial charge in [-0.2, -0.15) is 0 Å². The molecule has 0 saturated carbocycles. The number of rotatable bonds is 6. The molecule has 1 N–H and O–H groups in total. The summed E-state index contributed by atoms with van der Waals surface area (Å²) >= 11 is 0. The number of nitrogens with one attached hydrogen (secondary N) is 1. The number of nitrogens with zero attached hydrogens (tertiary/aromatic N) is 2. The molecule has 2 aromatic rings. The molecule has 31 heavy (non-hydrogen) atoms. The van der Waals surface area contributed by atoms with E-state index in [4.69, 9.17) is 9.47 Å². The summed E-state index contributed by atoms with van der Waals surface area (Å²) in [6, 6.07) is 6.86. The van der Waals surface area contributed by atoms with Crippen LogP contribution in [0.3, 0.4) is 0 Å². The van der Waals surface area contributed by atoms with Crippen molar-refractivity contribution in [3.05, 3.63) is 41.2 Å². The molecule has 3 amide bonds. The van der Waals surface area contributed by atoms with Gasteiger partial charge in [-0.05, 0) is 51.3 Å². The van der Waals surface area contributed by atoms with E-state index < -0.39 is 11.6 Å². The number of urea groups is 1. The van der Waals surface area contributed by atoms with Gasteiger partial charge in [0.2, 0.25) is 6.79 Å². The lowest BCUT2D eigenvalue weighted by molar-refractivity contribution is -0.131. The van der Waals surface area contributed by atoms with Gasteiger partial charge < -0.3 is 19.4 Å². The van der Waals surface area contributed by atoms with Gasteiger partial charge in [-0.1, -0.05) is 13.8 Å². The molecule has 4 rings (SSSR count). The first-order valence-corrected chi connectivity index (χ1v) is 10.4. The first-order chi connectivity index (χ1) is 14.6. The second-order valence-corrected chi connectivity index (χ2v) is 8.83. The average Bonchev–Trinajstić information content (AvgIpc) is 3.32. The highest BCUT2D eigenvalue weighted by Gasteiger charge is 2.48. The van der Waals surface area contributed by atoms with Crippen LogP contribution in [-0.2, 0) is 4.79 Å². The number of carbonyl (C=O) groups is 3. The fourth-order valence-electron chi connectivity index (χ4n) is 4.54. The van der Waals surface area contributed by atoms with Crippen LogP contribution in [0.5, 0.6) is 11.5 Å². The van der Waals surface area contributed by atoms with Crippen LogP contribution < -0.4 is 14.8 Å². The number of imide groups is 1. The van der Waals surface area contributed by atoms with Gasteiger partial charge in [-0.15, -0.1) is 0 Å². The Labute approximate surface area is 181 Å². The minimum atomic E-state index is -0.977. The standard InChI is InChI=1S/C23H27N3O5/c1-13(2)10-23(5)21(28)25(22(29)24-23)11-18(27)17-8-14(3)26(15(17)4)16-6-7-19-20(9-16)31-12-30-19/h6-9,13H,10-12H2,1-5H3,(H,24,29)/t23-/m1/s1. The number of hydrogen-bond acceptors (Lipinski definition) is 5. The molecule has 1 aromatic carbocycles. The molecule has 1 aromatic heterocycles. The van der Waals surface area contributed by atoms with Crippen LogP contribution in [0.15, 0.2) is 24.3 Å². The maximum absolute atomic E-state index is 13.1. The van der Waals surface area contributed by atoms with Crippen molar-refractivity contribution in [3.8, 4) is 17.2 Å². The molecule has 0 aliphatic carbocycles. The average molecular weight is 425 g/mol. The molecule has 164 valence electrons. The van der Waals surface area contributed by atoms with Crippen molar-refractivity contribution in [2.45, 2.75) is 46.6 Å². The number of benzene rings is 1. The van der Waals surface area contributed by atoms with Gasteiger partial charge in [0.05, 0.1) is 6.54 Å². The molecule has 3 heterocycles. The second kappa shape index (κ2) is 7.44. The predicted molar refractivity (Wildman–Crippen MR) is 114 cm³/mol. The van der Waals surface area contributed by atoms with E-state index in [2.05, 4.69) is 5.32 Å². The van der Waals surface area contributed by atoms with Gasteiger partial charge in [0.15, 0.2) is 17.3 Å². The van der Waals surface area contributed by atoms with Gasteiger partial charge in [0.1, 0.15) is 5.54 Å². The SMILES string of the molecule is Cc1cc(C(=O)CN2C(=O)N[C@](C)(CC(C)C)C2=O)c(C)n1-c1ccc2c(c1)OCO2. The maximum Gasteiger partial charge on any atom is 0.325 e. The van der Waals surface area contributed by atoms with Crippen molar-refractivity contribution < 1.29 is 23.9 Å². The van der Waals surface area contributed by atoms with Crippen molar-refractivity contribution in [1.29, 1.82) is 0 Å². The van der Waals surface area contributed by atoms with Crippen molar-refractivity contribution in [2.24, 2.45) is 5.92 Å². The lowest BCUT2D eigenvalue weighted by Crippen LogP contribution is -2.45. The highest BCUT2D eigenvalue weighted by atomic mass is 16.7. The number of amides is 3. The zero-order valence-electron chi connectivity index (χ0n) is 18.4. The van der Waals surface area contributed by atoms with Crippen LogP contribution in [0.1, 0.15) is 48.9 Å². The Hall–Kier alpha value is -3.29. The van der Waals surface area contributed by atoms with Crippen LogP contribution in [-0.4, -0.2) is 46.1 Å². The van der Waals surface area contributed by atoms with Crippen molar-refractivity contribution >= 4 is 17.7 Å². The largest absolute Gasteiger partial charge is 0.454 e. The predicted octanol–water partition coefficient (Wildman–Crippen LogP) is 3.36. The summed E-state index contributed by atoms with van der Waals surface area (Å²) in [6.45, 7) is 9.34. The number of carbonyl (C=O) groups excluding carboxylic acids is 3. The van der Waals surface area contributed by atoms with E-state index in [-0.39, 0.29) is 30.9 Å². The third-order valence-corrected chi connectivity index (χ3v) is 5.81. The summed E-state index contributed by atoms with van der Waals surface area (Å²) in [5.74, 6) is 0.930. The Kier molecular flexibility index (Phi) is 5.03. The van der Waals surface area contributed by atoms with Gasteiger partial charge >= 0.3 is 6.03 Å².